The summed E-state index contributed by atoms with van der Waals surface area (Å²) in [5.74, 6) is 0.908. The number of benzene rings is 2. The molecule has 44 heavy (non-hydrogen) atoms. The Kier molecular flexibility index (Phi) is 10.1. The van der Waals surface area contributed by atoms with Gasteiger partial charge in [-0.15, -0.1) is 12.4 Å². The standard InChI is InChI=1S/C35H43N5O3.ClH/c1-35(2,34(42)38-21-18-37-19-22-38)43-32-7-3-6-31(23-32)39-20-4-5-29(25-39)33(41)40(30-12-13-30)24-26-8-10-27(11-9-26)28-14-16-36-17-15-28;/h3,6-11,14-17,23,29-30,37H,4-5,12-13,18-22,24-25H2,1-2H3;1H. The van der Waals surface area contributed by atoms with Crippen molar-refractivity contribution in [2.24, 2.45) is 5.92 Å². The number of piperazine rings is 1. The highest BCUT2D eigenvalue weighted by Gasteiger charge is 2.38. The summed E-state index contributed by atoms with van der Waals surface area (Å²) in [5.41, 5.74) is 3.53. The van der Waals surface area contributed by atoms with Gasteiger partial charge in [-0.2, -0.15) is 0 Å². The summed E-state index contributed by atoms with van der Waals surface area (Å²) in [4.78, 5) is 37.6. The molecule has 6 rings (SSSR count). The highest BCUT2D eigenvalue weighted by atomic mass is 35.5. The minimum Gasteiger partial charge on any atom is -0.478 e. The van der Waals surface area contributed by atoms with E-state index in [2.05, 4.69) is 50.4 Å². The van der Waals surface area contributed by atoms with E-state index in [0.717, 1.165) is 67.7 Å². The molecular formula is C35H44ClN5O3. The van der Waals surface area contributed by atoms with Crippen LogP contribution in [0.5, 0.6) is 5.75 Å². The number of carbonyl (C=O) groups is 2. The van der Waals surface area contributed by atoms with Crippen molar-refractivity contribution in [2.75, 3.05) is 44.2 Å². The molecule has 0 spiro atoms. The first-order chi connectivity index (χ1) is 20.9. The number of carbonyl (C=O) groups excluding carboxylic acids is 2. The molecule has 0 radical (unpaired) electrons. The lowest BCUT2D eigenvalue weighted by Crippen LogP contribution is -2.54. The zero-order chi connectivity index (χ0) is 29.8. The van der Waals surface area contributed by atoms with Crippen LogP contribution in [-0.4, -0.2) is 77.5 Å². The summed E-state index contributed by atoms with van der Waals surface area (Å²) in [6.07, 6.45) is 7.65. The van der Waals surface area contributed by atoms with Crippen LogP contribution in [0.2, 0.25) is 0 Å². The number of hydrogen-bond donors (Lipinski definition) is 1. The van der Waals surface area contributed by atoms with Crippen LogP contribution in [0.3, 0.4) is 0 Å². The fraction of sp³-hybridized carbons (Fsp3) is 0.457. The van der Waals surface area contributed by atoms with E-state index in [4.69, 9.17) is 4.74 Å². The first kappa shape index (κ1) is 31.8. The van der Waals surface area contributed by atoms with Gasteiger partial charge in [0, 0.05) is 76.0 Å². The van der Waals surface area contributed by atoms with Crippen molar-refractivity contribution in [3.63, 3.8) is 0 Å². The molecule has 2 aromatic carbocycles. The van der Waals surface area contributed by atoms with Crippen molar-refractivity contribution in [3.8, 4) is 16.9 Å². The number of pyridine rings is 1. The van der Waals surface area contributed by atoms with Crippen molar-refractivity contribution in [2.45, 2.75) is 57.7 Å². The Bertz CT molecular complexity index is 1410. The number of anilines is 1. The van der Waals surface area contributed by atoms with Crippen LogP contribution in [0.1, 0.15) is 45.1 Å². The Balaban J connectivity index is 0.00000384. The maximum absolute atomic E-state index is 14.0. The third-order valence-corrected chi connectivity index (χ3v) is 8.84. The van der Waals surface area contributed by atoms with E-state index in [9.17, 15) is 9.59 Å². The van der Waals surface area contributed by atoms with Gasteiger partial charge in [0.05, 0.1) is 5.92 Å². The van der Waals surface area contributed by atoms with Crippen molar-refractivity contribution >= 4 is 29.9 Å². The van der Waals surface area contributed by atoms with Crippen LogP contribution in [0.4, 0.5) is 5.69 Å². The molecule has 9 heteroatoms. The van der Waals surface area contributed by atoms with Gasteiger partial charge < -0.3 is 24.8 Å². The Morgan fingerprint density at radius 3 is 2.36 bits per heavy atom. The Hall–Kier alpha value is -3.62. The summed E-state index contributed by atoms with van der Waals surface area (Å²) >= 11 is 0. The van der Waals surface area contributed by atoms with E-state index in [1.54, 1.807) is 0 Å². The first-order valence-corrected chi connectivity index (χ1v) is 15.7. The lowest BCUT2D eigenvalue weighted by molar-refractivity contribution is -0.146. The van der Waals surface area contributed by atoms with Gasteiger partial charge in [0.2, 0.25) is 5.91 Å². The smallest absolute Gasteiger partial charge is 0.266 e. The molecule has 1 aromatic heterocycles. The van der Waals surface area contributed by atoms with Gasteiger partial charge in [0.1, 0.15) is 5.75 Å². The van der Waals surface area contributed by atoms with E-state index in [1.165, 1.54) is 0 Å². The van der Waals surface area contributed by atoms with Crippen LogP contribution in [-0.2, 0) is 16.1 Å². The molecule has 1 unspecified atom stereocenters. The van der Waals surface area contributed by atoms with Crippen LogP contribution in [0.25, 0.3) is 11.1 Å². The SMILES string of the molecule is CC(C)(Oc1cccc(N2CCCC(C(=O)N(Cc3ccc(-c4ccncc4)cc3)C3CC3)C2)c1)C(=O)N1CCNCC1.Cl. The molecule has 3 aromatic rings. The lowest BCUT2D eigenvalue weighted by Gasteiger charge is -2.37. The van der Waals surface area contributed by atoms with E-state index >= 15 is 0 Å². The zero-order valence-electron chi connectivity index (χ0n) is 25.8. The highest BCUT2D eigenvalue weighted by molar-refractivity contribution is 5.85. The summed E-state index contributed by atoms with van der Waals surface area (Å²) in [7, 11) is 0. The van der Waals surface area contributed by atoms with Crippen LogP contribution in [0, 0.1) is 5.92 Å². The molecular weight excluding hydrogens is 574 g/mol. The monoisotopic (exact) mass is 617 g/mol. The van der Waals surface area contributed by atoms with Crippen molar-refractivity contribution in [1.82, 2.24) is 20.1 Å². The number of nitrogens with zero attached hydrogens (tertiary/aromatic N) is 4. The molecule has 1 saturated carbocycles. The molecule has 2 amide bonds. The minimum atomic E-state index is -0.961. The Morgan fingerprint density at radius 2 is 1.66 bits per heavy atom. The predicted octanol–water partition coefficient (Wildman–Crippen LogP) is 5.17. The van der Waals surface area contributed by atoms with Gasteiger partial charge in [0.15, 0.2) is 5.60 Å². The first-order valence-electron chi connectivity index (χ1n) is 15.7. The molecule has 8 nitrogen and oxygen atoms in total. The van der Waals surface area contributed by atoms with Crippen molar-refractivity contribution < 1.29 is 14.3 Å². The van der Waals surface area contributed by atoms with E-state index in [0.29, 0.717) is 38.0 Å². The largest absolute Gasteiger partial charge is 0.478 e. The van der Waals surface area contributed by atoms with E-state index in [1.807, 2.05) is 61.5 Å². The second-order valence-electron chi connectivity index (χ2n) is 12.6. The van der Waals surface area contributed by atoms with Crippen LogP contribution >= 0.6 is 12.4 Å². The number of nitrogens with one attached hydrogen (secondary N) is 1. The van der Waals surface area contributed by atoms with Crippen molar-refractivity contribution in [3.05, 3.63) is 78.6 Å². The molecule has 2 saturated heterocycles. The normalized spacial score (nSPS) is 18.7. The molecule has 0 bridgehead atoms. The average Bonchev–Trinajstić information content (AvgIpc) is 3.90. The molecule has 234 valence electrons. The average molecular weight is 618 g/mol. The molecule has 1 aliphatic carbocycles. The number of hydrogen-bond acceptors (Lipinski definition) is 6. The molecule has 1 atom stereocenters. The topological polar surface area (TPSA) is 78.0 Å². The van der Waals surface area contributed by atoms with Crippen LogP contribution in [0.15, 0.2) is 73.1 Å². The third kappa shape index (κ3) is 7.53. The number of amides is 2. The molecule has 2 aliphatic heterocycles. The summed E-state index contributed by atoms with van der Waals surface area (Å²) < 4.78 is 6.29. The number of aromatic nitrogens is 1. The fourth-order valence-electron chi connectivity index (χ4n) is 6.30. The maximum atomic E-state index is 14.0. The lowest BCUT2D eigenvalue weighted by atomic mass is 9.95. The molecule has 3 aliphatic rings. The highest BCUT2D eigenvalue weighted by Crippen LogP contribution is 2.34. The van der Waals surface area contributed by atoms with Crippen molar-refractivity contribution in [1.29, 1.82) is 0 Å². The molecule has 1 N–H and O–H groups in total. The maximum Gasteiger partial charge on any atom is 0.266 e. The second kappa shape index (κ2) is 14.0. The minimum absolute atomic E-state index is 0. The Labute approximate surface area is 267 Å². The van der Waals surface area contributed by atoms with E-state index < -0.39 is 5.60 Å². The quantitative estimate of drug-likeness (QED) is 0.357. The van der Waals surface area contributed by atoms with Gasteiger partial charge in [-0.05, 0) is 80.5 Å². The summed E-state index contributed by atoms with van der Waals surface area (Å²) in [5, 5.41) is 3.29. The third-order valence-electron chi connectivity index (χ3n) is 8.84. The number of ether oxygens (including phenoxy) is 1. The molecule has 3 fully saturated rings. The zero-order valence-corrected chi connectivity index (χ0v) is 26.6. The number of halogens is 1. The van der Waals surface area contributed by atoms with Gasteiger partial charge in [0.25, 0.3) is 5.91 Å². The van der Waals surface area contributed by atoms with Crippen LogP contribution < -0.4 is 15.0 Å². The van der Waals surface area contributed by atoms with Gasteiger partial charge in [-0.25, -0.2) is 0 Å². The Morgan fingerprint density at radius 1 is 0.955 bits per heavy atom. The summed E-state index contributed by atoms with van der Waals surface area (Å²) in [6, 6.07) is 20.9. The summed E-state index contributed by atoms with van der Waals surface area (Å²) in [6.45, 7) is 8.94. The molecule has 3 heterocycles. The second-order valence-corrected chi connectivity index (χ2v) is 12.6. The van der Waals surface area contributed by atoms with Gasteiger partial charge in [-0.1, -0.05) is 30.3 Å². The fourth-order valence-corrected chi connectivity index (χ4v) is 6.30. The predicted molar refractivity (Wildman–Crippen MR) is 176 cm³/mol. The number of rotatable bonds is 9. The van der Waals surface area contributed by atoms with Gasteiger partial charge >= 0.3 is 0 Å². The van der Waals surface area contributed by atoms with E-state index in [-0.39, 0.29) is 30.1 Å². The van der Waals surface area contributed by atoms with Gasteiger partial charge in [-0.3, -0.25) is 14.6 Å². The number of piperidine rings is 1.